The summed E-state index contributed by atoms with van der Waals surface area (Å²) in [4.78, 5) is 50.3. The molecule has 0 saturated carbocycles. The second kappa shape index (κ2) is 14.7. The van der Waals surface area contributed by atoms with Crippen molar-refractivity contribution >= 4 is 23.7 Å². The van der Waals surface area contributed by atoms with Gasteiger partial charge >= 0.3 is 5.97 Å². The Morgan fingerprint density at radius 3 is 1.68 bits per heavy atom. The number of carbonyl (C=O) groups is 4. The summed E-state index contributed by atoms with van der Waals surface area (Å²) >= 11 is 0. The number of hydrogen-bond acceptors (Lipinski definition) is 6. The minimum atomic E-state index is -1.52. The number of amides is 3. The summed E-state index contributed by atoms with van der Waals surface area (Å²) in [5.74, 6) is -3.23. The number of benzene rings is 2. The number of carboxylic acids is 1. The van der Waals surface area contributed by atoms with Crippen molar-refractivity contribution in [2.24, 2.45) is 11.7 Å². The molecule has 200 valence electrons. The van der Waals surface area contributed by atoms with Gasteiger partial charge in [-0.3, -0.25) is 14.4 Å². The number of carbonyl (C=O) groups excluding carboxylic acids is 3. The lowest BCUT2D eigenvalue weighted by Gasteiger charge is -2.26. The maximum atomic E-state index is 13.3. The van der Waals surface area contributed by atoms with Gasteiger partial charge in [-0.15, -0.1) is 0 Å². The second-order valence-electron chi connectivity index (χ2n) is 9.32. The zero-order valence-corrected chi connectivity index (χ0v) is 21.1. The van der Waals surface area contributed by atoms with E-state index in [9.17, 15) is 29.4 Å². The SMILES string of the molecule is CC(C)CC(NC(=O)C(N)Cc1ccccc1)C(=O)NC(Cc1ccccc1)C(=O)NC(CO)C(=O)O. The van der Waals surface area contributed by atoms with Crippen LogP contribution in [0.3, 0.4) is 0 Å². The van der Waals surface area contributed by atoms with Crippen LogP contribution in [-0.4, -0.2) is 64.7 Å². The third kappa shape index (κ3) is 10.0. The fourth-order valence-electron chi connectivity index (χ4n) is 3.73. The van der Waals surface area contributed by atoms with E-state index in [-0.39, 0.29) is 12.3 Å². The van der Waals surface area contributed by atoms with E-state index in [2.05, 4.69) is 16.0 Å². The fraction of sp³-hybridized carbons (Fsp3) is 0.407. The van der Waals surface area contributed by atoms with Crippen LogP contribution in [0.5, 0.6) is 0 Å². The van der Waals surface area contributed by atoms with E-state index in [1.807, 2.05) is 44.2 Å². The number of aliphatic hydroxyl groups excluding tert-OH is 1. The molecule has 0 saturated heterocycles. The van der Waals surface area contributed by atoms with E-state index in [1.165, 1.54) is 0 Å². The van der Waals surface area contributed by atoms with Gasteiger partial charge in [0.2, 0.25) is 17.7 Å². The largest absolute Gasteiger partial charge is 0.480 e. The first-order valence-corrected chi connectivity index (χ1v) is 12.2. The third-order valence-corrected chi connectivity index (χ3v) is 5.69. The van der Waals surface area contributed by atoms with Gasteiger partial charge in [0.1, 0.15) is 18.1 Å². The average Bonchev–Trinajstić information content (AvgIpc) is 2.86. The zero-order chi connectivity index (χ0) is 27.4. The molecule has 2 rings (SSSR count). The normalized spacial score (nSPS) is 14.2. The molecule has 0 aliphatic heterocycles. The van der Waals surface area contributed by atoms with E-state index < -0.39 is 54.5 Å². The van der Waals surface area contributed by atoms with Crippen molar-refractivity contribution in [1.82, 2.24) is 16.0 Å². The van der Waals surface area contributed by atoms with E-state index in [4.69, 9.17) is 5.73 Å². The Hall–Kier alpha value is -3.76. The molecule has 7 N–H and O–H groups in total. The molecule has 4 unspecified atom stereocenters. The highest BCUT2D eigenvalue weighted by atomic mass is 16.4. The standard InChI is InChI=1S/C27H36N4O6/c1-17(2)13-21(29-24(33)20(28)14-18-9-5-3-6-10-18)25(34)30-22(15-19-11-7-4-8-12-19)26(35)31-23(16-32)27(36)37/h3-12,17,20-23,32H,13-16,28H2,1-2H3,(H,29,33)(H,30,34)(H,31,35)(H,36,37). The Morgan fingerprint density at radius 1 is 0.730 bits per heavy atom. The van der Waals surface area contributed by atoms with Crippen molar-refractivity contribution < 1.29 is 29.4 Å². The zero-order valence-electron chi connectivity index (χ0n) is 21.1. The van der Waals surface area contributed by atoms with Crippen molar-refractivity contribution in [3.8, 4) is 0 Å². The summed E-state index contributed by atoms with van der Waals surface area (Å²) in [6.45, 7) is 2.98. The highest BCUT2D eigenvalue weighted by Crippen LogP contribution is 2.09. The number of aliphatic hydroxyl groups is 1. The number of nitrogens with two attached hydrogens (primary N) is 1. The maximum absolute atomic E-state index is 13.3. The van der Waals surface area contributed by atoms with Crippen molar-refractivity contribution in [3.05, 3.63) is 71.8 Å². The van der Waals surface area contributed by atoms with Crippen LogP contribution in [0.1, 0.15) is 31.4 Å². The molecule has 2 aromatic rings. The summed E-state index contributed by atoms with van der Waals surface area (Å²) in [6, 6.07) is 13.6. The number of nitrogens with one attached hydrogen (secondary N) is 3. The molecular formula is C27H36N4O6. The Kier molecular flexibility index (Phi) is 11.7. The Bertz CT molecular complexity index is 1030. The maximum Gasteiger partial charge on any atom is 0.328 e. The molecule has 0 bridgehead atoms. The van der Waals surface area contributed by atoms with E-state index in [0.29, 0.717) is 12.8 Å². The van der Waals surface area contributed by atoms with Gasteiger partial charge in [-0.1, -0.05) is 74.5 Å². The Balaban J connectivity index is 2.17. The van der Waals surface area contributed by atoms with Gasteiger partial charge in [0, 0.05) is 6.42 Å². The molecule has 10 nitrogen and oxygen atoms in total. The van der Waals surface area contributed by atoms with Crippen LogP contribution in [0.4, 0.5) is 0 Å². The van der Waals surface area contributed by atoms with Gasteiger partial charge in [0.25, 0.3) is 0 Å². The predicted octanol–water partition coefficient (Wildman–Crippen LogP) is 0.377. The topological polar surface area (TPSA) is 171 Å². The number of hydrogen-bond donors (Lipinski definition) is 6. The van der Waals surface area contributed by atoms with E-state index >= 15 is 0 Å². The molecule has 2 aromatic carbocycles. The molecule has 10 heteroatoms. The average molecular weight is 513 g/mol. The van der Waals surface area contributed by atoms with Crippen LogP contribution >= 0.6 is 0 Å². The number of aliphatic carboxylic acids is 1. The summed E-state index contributed by atoms with van der Waals surface area (Å²) in [5, 5.41) is 26.1. The Morgan fingerprint density at radius 2 is 1.19 bits per heavy atom. The minimum Gasteiger partial charge on any atom is -0.480 e. The van der Waals surface area contributed by atoms with Crippen LogP contribution in [0.2, 0.25) is 0 Å². The van der Waals surface area contributed by atoms with Crippen molar-refractivity contribution in [3.63, 3.8) is 0 Å². The number of rotatable bonds is 14. The van der Waals surface area contributed by atoms with Gasteiger partial charge in [0.05, 0.1) is 12.6 Å². The first kappa shape index (κ1) is 29.5. The second-order valence-corrected chi connectivity index (χ2v) is 9.32. The molecule has 0 heterocycles. The molecule has 37 heavy (non-hydrogen) atoms. The van der Waals surface area contributed by atoms with Gasteiger partial charge in [-0.2, -0.15) is 0 Å². The molecule has 0 aromatic heterocycles. The lowest BCUT2D eigenvalue weighted by Crippen LogP contribution is -2.58. The monoisotopic (exact) mass is 512 g/mol. The van der Waals surface area contributed by atoms with Gasteiger partial charge < -0.3 is 31.9 Å². The fourth-order valence-corrected chi connectivity index (χ4v) is 3.73. The van der Waals surface area contributed by atoms with Crippen LogP contribution in [0.25, 0.3) is 0 Å². The summed E-state index contributed by atoms with van der Waals surface area (Å²) in [7, 11) is 0. The molecular weight excluding hydrogens is 476 g/mol. The lowest BCUT2D eigenvalue weighted by molar-refractivity contribution is -0.143. The smallest absolute Gasteiger partial charge is 0.328 e. The predicted molar refractivity (Wildman–Crippen MR) is 138 cm³/mol. The number of carboxylic acid groups (broad SMARTS) is 1. The highest BCUT2D eigenvalue weighted by molar-refractivity contribution is 5.94. The molecule has 3 amide bonds. The van der Waals surface area contributed by atoms with Crippen molar-refractivity contribution in [1.29, 1.82) is 0 Å². The lowest BCUT2D eigenvalue weighted by atomic mass is 10.00. The van der Waals surface area contributed by atoms with Gasteiger partial charge in [0.15, 0.2) is 0 Å². The van der Waals surface area contributed by atoms with Crippen LogP contribution in [0.15, 0.2) is 60.7 Å². The molecule has 0 aliphatic carbocycles. The van der Waals surface area contributed by atoms with Crippen molar-refractivity contribution in [2.45, 2.75) is 57.3 Å². The first-order valence-electron chi connectivity index (χ1n) is 12.2. The van der Waals surface area contributed by atoms with Gasteiger partial charge in [-0.25, -0.2) is 4.79 Å². The van der Waals surface area contributed by atoms with E-state index in [0.717, 1.165) is 11.1 Å². The summed E-state index contributed by atoms with van der Waals surface area (Å²) in [6.07, 6.45) is 0.662. The summed E-state index contributed by atoms with van der Waals surface area (Å²) in [5.41, 5.74) is 7.70. The molecule has 0 spiro atoms. The first-order chi connectivity index (χ1) is 17.6. The van der Waals surface area contributed by atoms with Crippen LogP contribution < -0.4 is 21.7 Å². The molecule has 0 radical (unpaired) electrons. The molecule has 0 aliphatic rings. The van der Waals surface area contributed by atoms with Crippen LogP contribution in [-0.2, 0) is 32.0 Å². The van der Waals surface area contributed by atoms with Crippen molar-refractivity contribution in [2.75, 3.05) is 6.61 Å². The third-order valence-electron chi connectivity index (χ3n) is 5.69. The summed E-state index contributed by atoms with van der Waals surface area (Å²) < 4.78 is 0. The minimum absolute atomic E-state index is 0.0357. The van der Waals surface area contributed by atoms with Gasteiger partial charge in [-0.05, 0) is 29.9 Å². The van der Waals surface area contributed by atoms with E-state index in [1.54, 1.807) is 30.3 Å². The highest BCUT2D eigenvalue weighted by Gasteiger charge is 2.30. The Labute approximate surface area is 216 Å². The quantitative estimate of drug-likeness (QED) is 0.212. The molecule has 0 fully saturated rings. The molecule has 4 atom stereocenters. The van der Waals surface area contributed by atoms with Crippen LogP contribution in [0, 0.1) is 5.92 Å².